The van der Waals surface area contributed by atoms with Crippen LogP contribution in [0.15, 0.2) is 48.5 Å². The summed E-state index contributed by atoms with van der Waals surface area (Å²) in [5.74, 6) is -0.212. The van der Waals surface area contributed by atoms with E-state index in [9.17, 15) is 13.2 Å². The maximum Gasteiger partial charge on any atom is 0.251 e. The van der Waals surface area contributed by atoms with Gasteiger partial charge in [0.2, 0.25) is 10.0 Å². The zero-order chi connectivity index (χ0) is 18.7. The number of hydrogen-bond acceptors (Lipinski definition) is 4. The molecule has 3 N–H and O–H groups in total. The van der Waals surface area contributed by atoms with Crippen molar-refractivity contribution >= 4 is 21.6 Å². The number of benzene rings is 2. The van der Waals surface area contributed by atoms with Gasteiger partial charge in [0.15, 0.2) is 0 Å². The van der Waals surface area contributed by atoms with Crippen LogP contribution in [0.2, 0.25) is 0 Å². The number of aryl methyl sites for hydroxylation is 1. The van der Waals surface area contributed by atoms with Gasteiger partial charge in [-0.05, 0) is 42.2 Å². The second-order valence-corrected chi connectivity index (χ2v) is 8.42. The van der Waals surface area contributed by atoms with E-state index >= 15 is 0 Å². The lowest BCUT2D eigenvalue weighted by Crippen LogP contribution is -2.35. The molecule has 138 valence electrons. The van der Waals surface area contributed by atoms with Crippen molar-refractivity contribution in [2.75, 3.05) is 23.7 Å². The summed E-state index contributed by atoms with van der Waals surface area (Å²) in [5.41, 5.74) is 9.12. The molecule has 0 bridgehead atoms. The fourth-order valence-electron chi connectivity index (χ4n) is 3.17. The van der Waals surface area contributed by atoms with Crippen molar-refractivity contribution in [1.29, 1.82) is 0 Å². The highest BCUT2D eigenvalue weighted by molar-refractivity contribution is 7.92. The van der Waals surface area contributed by atoms with E-state index in [1.165, 1.54) is 10.6 Å². The molecule has 7 heteroatoms. The van der Waals surface area contributed by atoms with Crippen LogP contribution in [0.5, 0.6) is 0 Å². The minimum absolute atomic E-state index is 0.212. The molecule has 0 radical (unpaired) electrons. The van der Waals surface area contributed by atoms with E-state index in [0.29, 0.717) is 24.3 Å². The molecule has 1 aliphatic rings. The number of hydrogen-bond donors (Lipinski definition) is 2. The van der Waals surface area contributed by atoms with E-state index in [0.717, 1.165) is 24.0 Å². The summed E-state index contributed by atoms with van der Waals surface area (Å²) in [4.78, 5) is 12.4. The maximum atomic E-state index is 12.4. The third-order valence-electron chi connectivity index (χ3n) is 4.53. The van der Waals surface area contributed by atoms with Gasteiger partial charge in [-0.25, -0.2) is 8.42 Å². The highest BCUT2D eigenvalue weighted by atomic mass is 32.2. The number of nitrogens with zero attached hydrogens (tertiary/aromatic N) is 1. The summed E-state index contributed by atoms with van der Waals surface area (Å²) >= 11 is 0. The van der Waals surface area contributed by atoms with E-state index in [2.05, 4.69) is 5.32 Å². The monoisotopic (exact) mass is 373 g/mol. The minimum atomic E-state index is -3.31. The first kappa shape index (κ1) is 18.4. The van der Waals surface area contributed by atoms with Crippen LogP contribution in [-0.2, 0) is 16.4 Å². The molecule has 0 fully saturated rings. The van der Waals surface area contributed by atoms with Crippen molar-refractivity contribution in [3.8, 4) is 0 Å². The Morgan fingerprint density at radius 2 is 1.96 bits per heavy atom. The van der Waals surface area contributed by atoms with Gasteiger partial charge in [0.05, 0.1) is 11.9 Å². The zero-order valence-electron chi connectivity index (χ0n) is 14.7. The molecule has 26 heavy (non-hydrogen) atoms. The Bertz CT molecular complexity index is 898. The molecular formula is C19H23N3O3S. The lowest BCUT2D eigenvalue weighted by atomic mass is 10.0. The topological polar surface area (TPSA) is 92.5 Å². The van der Waals surface area contributed by atoms with Gasteiger partial charge >= 0.3 is 0 Å². The summed E-state index contributed by atoms with van der Waals surface area (Å²) in [6.45, 7) is 0.804. The zero-order valence-corrected chi connectivity index (χ0v) is 15.5. The Kier molecular flexibility index (Phi) is 5.29. The lowest BCUT2D eigenvalue weighted by molar-refractivity contribution is 0.0951. The molecule has 0 aliphatic carbocycles. The normalized spacial score (nSPS) is 15.2. The van der Waals surface area contributed by atoms with Gasteiger partial charge in [0.25, 0.3) is 5.91 Å². The molecule has 2 aromatic carbocycles. The maximum absolute atomic E-state index is 12.4. The third-order valence-corrected chi connectivity index (χ3v) is 5.71. The van der Waals surface area contributed by atoms with Crippen molar-refractivity contribution in [2.45, 2.75) is 18.9 Å². The average Bonchev–Trinajstić information content (AvgIpc) is 2.64. The van der Waals surface area contributed by atoms with Crippen LogP contribution >= 0.6 is 0 Å². The number of anilines is 1. The summed E-state index contributed by atoms with van der Waals surface area (Å²) in [6, 6.07) is 14.5. The molecule has 1 atom stereocenters. The molecule has 2 aromatic rings. The first-order valence-electron chi connectivity index (χ1n) is 8.55. The molecule has 1 amide bonds. The van der Waals surface area contributed by atoms with Gasteiger partial charge in [0, 0.05) is 24.7 Å². The van der Waals surface area contributed by atoms with Crippen molar-refractivity contribution in [3.05, 3.63) is 65.2 Å². The summed E-state index contributed by atoms with van der Waals surface area (Å²) in [5, 5.41) is 2.85. The highest BCUT2D eigenvalue weighted by Gasteiger charge is 2.24. The Morgan fingerprint density at radius 1 is 1.23 bits per heavy atom. The summed E-state index contributed by atoms with van der Waals surface area (Å²) in [6.07, 6.45) is 2.70. The first-order valence-corrected chi connectivity index (χ1v) is 10.4. The van der Waals surface area contributed by atoms with Crippen molar-refractivity contribution in [1.82, 2.24) is 5.32 Å². The molecular weight excluding hydrogens is 350 g/mol. The van der Waals surface area contributed by atoms with Crippen LogP contribution in [0.25, 0.3) is 0 Å². The molecule has 0 saturated carbocycles. The van der Waals surface area contributed by atoms with Crippen molar-refractivity contribution in [2.24, 2.45) is 5.73 Å². The quantitative estimate of drug-likeness (QED) is 0.836. The predicted octanol–water partition coefficient (Wildman–Crippen LogP) is 1.83. The number of rotatable bonds is 5. The standard InChI is InChI=1S/C19H23N3O3S/c1-26(24,25)22-11-5-8-15-12-16(9-10-18(15)22)19(23)21-13-17(20)14-6-3-2-4-7-14/h2-4,6-7,9-10,12,17H,5,8,11,13,20H2,1H3,(H,21,23). The molecule has 6 nitrogen and oxygen atoms in total. The van der Waals surface area contributed by atoms with E-state index in [1.54, 1.807) is 18.2 Å². The Balaban J connectivity index is 1.71. The number of nitrogens with two attached hydrogens (primary N) is 1. The second-order valence-electron chi connectivity index (χ2n) is 6.51. The van der Waals surface area contributed by atoms with Crippen LogP contribution in [0.1, 0.15) is 33.9 Å². The number of carbonyl (C=O) groups excluding carboxylic acids is 1. The summed E-state index contributed by atoms with van der Waals surface area (Å²) < 4.78 is 25.2. The third kappa shape index (κ3) is 4.05. The second kappa shape index (κ2) is 7.47. The summed E-state index contributed by atoms with van der Waals surface area (Å²) in [7, 11) is -3.31. The van der Waals surface area contributed by atoms with Crippen LogP contribution in [0, 0.1) is 0 Å². The molecule has 1 heterocycles. The van der Waals surface area contributed by atoms with Crippen LogP contribution in [0.3, 0.4) is 0 Å². The largest absolute Gasteiger partial charge is 0.350 e. The molecule has 1 unspecified atom stereocenters. The molecule has 3 rings (SSSR count). The van der Waals surface area contributed by atoms with Gasteiger partial charge in [-0.2, -0.15) is 0 Å². The van der Waals surface area contributed by atoms with Crippen LogP contribution in [0.4, 0.5) is 5.69 Å². The molecule has 1 aliphatic heterocycles. The number of nitrogens with one attached hydrogen (secondary N) is 1. The van der Waals surface area contributed by atoms with Crippen LogP contribution < -0.4 is 15.4 Å². The highest BCUT2D eigenvalue weighted by Crippen LogP contribution is 2.29. The number of fused-ring (bicyclic) bond motifs is 1. The number of carbonyl (C=O) groups is 1. The van der Waals surface area contributed by atoms with Crippen molar-refractivity contribution in [3.63, 3.8) is 0 Å². The number of amides is 1. The van der Waals surface area contributed by atoms with E-state index < -0.39 is 10.0 Å². The lowest BCUT2D eigenvalue weighted by Gasteiger charge is -2.29. The molecule has 0 spiro atoms. The van der Waals surface area contributed by atoms with Crippen molar-refractivity contribution < 1.29 is 13.2 Å². The smallest absolute Gasteiger partial charge is 0.251 e. The molecule has 0 aromatic heterocycles. The van der Waals surface area contributed by atoms with E-state index in [1.807, 2.05) is 30.3 Å². The SMILES string of the molecule is CS(=O)(=O)N1CCCc2cc(C(=O)NCC(N)c3ccccc3)ccc21. The fraction of sp³-hybridized carbons (Fsp3) is 0.316. The van der Waals surface area contributed by atoms with Gasteiger partial charge in [-0.3, -0.25) is 9.10 Å². The Hall–Kier alpha value is -2.38. The van der Waals surface area contributed by atoms with E-state index in [4.69, 9.17) is 5.73 Å². The average molecular weight is 373 g/mol. The van der Waals surface area contributed by atoms with Gasteiger partial charge < -0.3 is 11.1 Å². The molecule has 0 saturated heterocycles. The fourth-order valence-corrected chi connectivity index (χ4v) is 4.17. The first-order chi connectivity index (χ1) is 12.4. The predicted molar refractivity (Wildman–Crippen MR) is 103 cm³/mol. The number of sulfonamides is 1. The van der Waals surface area contributed by atoms with Crippen LogP contribution in [-0.4, -0.2) is 33.7 Å². The van der Waals surface area contributed by atoms with Gasteiger partial charge in [-0.1, -0.05) is 30.3 Å². The van der Waals surface area contributed by atoms with E-state index in [-0.39, 0.29) is 11.9 Å². The Morgan fingerprint density at radius 3 is 2.65 bits per heavy atom. The Labute approximate surface area is 154 Å². The van der Waals surface area contributed by atoms with Gasteiger partial charge in [-0.15, -0.1) is 0 Å². The van der Waals surface area contributed by atoms with Gasteiger partial charge in [0.1, 0.15) is 0 Å². The minimum Gasteiger partial charge on any atom is -0.350 e.